The molecule has 1 aliphatic heterocycles. The normalized spacial score (nSPS) is 14.1. The Morgan fingerprint density at radius 3 is 2.55 bits per heavy atom. The van der Waals surface area contributed by atoms with E-state index in [1.54, 1.807) is 6.20 Å². The lowest BCUT2D eigenvalue weighted by atomic mass is 10.2. The zero-order valence-electron chi connectivity index (χ0n) is 17.2. The topological polar surface area (TPSA) is 87.4 Å². The summed E-state index contributed by atoms with van der Waals surface area (Å²) in [5.74, 6) is 2.47. The Bertz CT molecular complexity index is 1180. The highest BCUT2D eigenvalue weighted by molar-refractivity contribution is 5.96. The molecule has 156 valence electrons. The summed E-state index contributed by atoms with van der Waals surface area (Å²) in [6.07, 6.45) is 1.76. The van der Waals surface area contributed by atoms with Gasteiger partial charge in [0.2, 0.25) is 0 Å². The number of para-hydroxylation sites is 1. The number of aryl methyl sites for hydroxylation is 1. The van der Waals surface area contributed by atoms with E-state index in [4.69, 9.17) is 4.42 Å². The molecule has 0 spiro atoms. The fourth-order valence-electron chi connectivity index (χ4n) is 3.68. The van der Waals surface area contributed by atoms with Crippen molar-refractivity contribution in [2.75, 3.05) is 36.4 Å². The third-order valence-corrected chi connectivity index (χ3v) is 5.35. The minimum Gasteiger partial charge on any atom is -0.451 e. The first-order valence-electron chi connectivity index (χ1n) is 10.2. The fourth-order valence-corrected chi connectivity index (χ4v) is 3.68. The molecule has 0 saturated carbocycles. The van der Waals surface area contributed by atoms with Crippen molar-refractivity contribution >= 4 is 34.3 Å². The van der Waals surface area contributed by atoms with E-state index >= 15 is 0 Å². The highest BCUT2D eigenvalue weighted by Gasteiger charge is 2.25. The number of nitrogens with one attached hydrogen (secondary N) is 1. The number of nitrogens with zero attached hydrogens (tertiary/aromatic N) is 5. The van der Waals surface area contributed by atoms with E-state index in [0.717, 1.165) is 28.2 Å². The van der Waals surface area contributed by atoms with Gasteiger partial charge in [-0.2, -0.15) is 0 Å². The molecule has 1 N–H and O–H groups in total. The Hall–Kier alpha value is -3.94. The van der Waals surface area contributed by atoms with Gasteiger partial charge in [-0.25, -0.2) is 4.98 Å². The van der Waals surface area contributed by atoms with Crippen LogP contribution in [0.25, 0.3) is 11.0 Å². The van der Waals surface area contributed by atoms with Crippen LogP contribution in [-0.2, 0) is 0 Å². The molecule has 5 rings (SSSR count). The summed E-state index contributed by atoms with van der Waals surface area (Å²) in [6.45, 7) is 4.59. The van der Waals surface area contributed by atoms with Crippen LogP contribution < -0.4 is 10.2 Å². The lowest BCUT2D eigenvalue weighted by molar-refractivity contribution is 0.0717. The quantitative estimate of drug-likeness (QED) is 0.546. The molecule has 4 heterocycles. The van der Waals surface area contributed by atoms with Crippen LogP contribution >= 0.6 is 0 Å². The molecule has 0 aliphatic carbocycles. The van der Waals surface area contributed by atoms with Gasteiger partial charge in [-0.15, -0.1) is 10.2 Å². The van der Waals surface area contributed by atoms with E-state index in [-0.39, 0.29) is 5.91 Å². The zero-order valence-corrected chi connectivity index (χ0v) is 17.2. The predicted octanol–water partition coefficient (Wildman–Crippen LogP) is 3.63. The van der Waals surface area contributed by atoms with E-state index in [1.165, 1.54) is 0 Å². The SMILES string of the molecule is Cc1ccnc(Nc2ccc(N3CCN(C(=O)c4cc5ccccc5o4)CC3)nn2)c1. The summed E-state index contributed by atoms with van der Waals surface area (Å²) in [4.78, 5) is 21.1. The van der Waals surface area contributed by atoms with Crippen molar-refractivity contribution in [3.05, 3.63) is 72.1 Å². The number of furan rings is 1. The van der Waals surface area contributed by atoms with Crippen molar-refractivity contribution in [2.45, 2.75) is 6.92 Å². The number of hydrogen-bond acceptors (Lipinski definition) is 7. The van der Waals surface area contributed by atoms with E-state index in [9.17, 15) is 4.79 Å². The molecular weight excluding hydrogens is 392 g/mol. The summed E-state index contributed by atoms with van der Waals surface area (Å²) in [7, 11) is 0. The molecule has 0 bridgehead atoms. The van der Waals surface area contributed by atoms with Crippen LogP contribution in [-0.4, -0.2) is 52.2 Å². The first kappa shape index (κ1) is 19.0. The van der Waals surface area contributed by atoms with Crippen molar-refractivity contribution in [3.63, 3.8) is 0 Å². The van der Waals surface area contributed by atoms with Crippen LogP contribution in [0.3, 0.4) is 0 Å². The van der Waals surface area contributed by atoms with Gasteiger partial charge in [0.1, 0.15) is 11.4 Å². The number of rotatable bonds is 4. The largest absolute Gasteiger partial charge is 0.451 e. The summed E-state index contributed by atoms with van der Waals surface area (Å²) in [5, 5.41) is 12.7. The average Bonchev–Trinajstić information content (AvgIpc) is 3.24. The van der Waals surface area contributed by atoms with Gasteiger partial charge in [-0.1, -0.05) is 18.2 Å². The molecule has 1 fully saturated rings. The molecule has 1 aliphatic rings. The number of piperazine rings is 1. The van der Waals surface area contributed by atoms with Crippen LogP contribution in [0.5, 0.6) is 0 Å². The molecule has 0 atom stereocenters. The van der Waals surface area contributed by atoms with Gasteiger partial charge < -0.3 is 19.5 Å². The van der Waals surface area contributed by atoms with Crippen LogP contribution in [0.2, 0.25) is 0 Å². The smallest absolute Gasteiger partial charge is 0.289 e. The molecule has 1 amide bonds. The molecule has 1 aromatic carbocycles. The van der Waals surface area contributed by atoms with Crippen molar-refractivity contribution in [3.8, 4) is 0 Å². The van der Waals surface area contributed by atoms with Crippen LogP contribution in [0.1, 0.15) is 16.1 Å². The zero-order chi connectivity index (χ0) is 21.2. The number of aromatic nitrogens is 3. The van der Waals surface area contributed by atoms with E-state index < -0.39 is 0 Å². The Morgan fingerprint density at radius 2 is 1.81 bits per heavy atom. The Labute approximate surface area is 179 Å². The maximum Gasteiger partial charge on any atom is 0.289 e. The molecule has 8 nitrogen and oxygen atoms in total. The van der Waals surface area contributed by atoms with E-state index in [1.807, 2.05) is 66.4 Å². The minimum atomic E-state index is -0.0767. The van der Waals surface area contributed by atoms with Crippen molar-refractivity contribution in [1.29, 1.82) is 0 Å². The number of hydrogen-bond donors (Lipinski definition) is 1. The minimum absolute atomic E-state index is 0.0767. The standard InChI is InChI=1S/C23H22N6O2/c1-16-8-9-24-21(14-16)25-20-6-7-22(27-26-20)28-10-12-29(13-11-28)23(30)19-15-17-4-2-3-5-18(17)31-19/h2-9,14-15H,10-13H2,1H3,(H,24,25,26). The predicted molar refractivity (Wildman–Crippen MR) is 119 cm³/mol. The number of benzene rings is 1. The Balaban J connectivity index is 1.20. The van der Waals surface area contributed by atoms with Crippen LogP contribution in [0, 0.1) is 6.92 Å². The third kappa shape index (κ3) is 4.05. The first-order chi connectivity index (χ1) is 15.2. The molecule has 0 radical (unpaired) electrons. The second kappa shape index (κ2) is 8.06. The van der Waals surface area contributed by atoms with Gasteiger partial charge in [0.15, 0.2) is 17.4 Å². The lowest BCUT2D eigenvalue weighted by Gasteiger charge is -2.34. The molecule has 0 unspecified atom stereocenters. The van der Waals surface area contributed by atoms with Crippen molar-refractivity contribution < 1.29 is 9.21 Å². The molecule has 8 heteroatoms. The van der Waals surface area contributed by atoms with E-state index in [0.29, 0.717) is 37.8 Å². The highest BCUT2D eigenvalue weighted by Crippen LogP contribution is 2.22. The molecular formula is C23H22N6O2. The highest BCUT2D eigenvalue weighted by atomic mass is 16.3. The fraction of sp³-hybridized carbons (Fsp3) is 0.217. The third-order valence-electron chi connectivity index (χ3n) is 5.35. The maximum atomic E-state index is 12.8. The van der Waals surface area contributed by atoms with Gasteiger partial charge in [0.25, 0.3) is 5.91 Å². The van der Waals surface area contributed by atoms with Crippen LogP contribution in [0.4, 0.5) is 17.5 Å². The van der Waals surface area contributed by atoms with Crippen LogP contribution in [0.15, 0.2) is 65.2 Å². The monoisotopic (exact) mass is 414 g/mol. The van der Waals surface area contributed by atoms with Crippen molar-refractivity contribution in [2.24, 2.45) is 0 Å². The van der Waals surface area contributed by atoms with Gasteiger partial charge in [-0.05, 0) is 48.9 Å². The van der Waals surface area contributed by atoms with Crippen molar-refractivity contribution in [1.82, 2.24) is 20.1 Å². The summed E-state index contributed by atoms with van der Waals surface area (Å²) < 4.78 is 5.72. The summed E-state index contributed by atoms with van der Waals surface area (Å²) >= 11 is 0. The maximum absolute atomic E-state index is 12.8. The molecule has 31 heavy (non-hydrogen) atoms. The molecule has 3 aromatic heterocycles. The van der Waals surface area contributed by atoms with E-state index in [2.05, 4.69) is 25.4 Å². The van der Waals surface area contributed by atoms with Gasteiger partial charge in [0, 0.05) is 37.8 Å². The second-order valence-corrected chi connectivity index (χ2v) is 7.55. The number of amides is 1. The number of anilines is 3. The lowest BCUT2D eigenvalue weighted by Crippen LogP contribution is -2.49. The first-order valence-corrected chi connectivity index (χ1v) is 10.2. The van der Waals surface area contributed by atoms with Gasteiger partial charge >= 0.3 is 0 Å². The number of fused-ring (bicyclic) bond motifs is 1. The number of carbonyl (C=O) groups is 1. The number of carbonyl (C=O) groups excluding carboxylic acids is 1. The Morgan fingerprint density at radius 1 is 0.968 bits per heavy atom. The number of pyridine rings is 1. The second-order valence-electron chi connectivity index (χ2n) is 7.55. The van der Waals surface area contributed by atoms with Gasteiger partial charge in [-0.3, -0.25) is 4.79 Å². The summed E-state index contributed by atoms with van der Waals surface area (Å²) in [5.41, 5.74) is 1.85. The van der Waals surface area contributed by atoms with Gasteiger partial charge in [0.05, 0.1) is 0 Å². The summed E-state index contributed by atoms with van der Waals surface area (Å²) in [6, 6.07) is 17.2. The molecule has 1 saturated heterocycles. The molecule has 4 aromatic rings. The Kier molecular flexibility index (Phi) is 4.95. The average molecular weight is 414 g/mol.